The molecule has 1 aromatic carbocycles. The fourth-order valence-corrected chi connectivity index (χ4v) is 4.90. The number of rotatable bonds is 5. The Morgan fingerprint density at radius 1 is 1.30 bits per heavy atom. The molecule has 0 radical (unpaired) electrons. The van der Waals surface area contributed by atoms with Gasteiger partial charge >= 0.3 is 0 Å². The third kappa shape index (κ3) is 2.81. The molecule has 2 unspecified atom stereocenters. The summed E-state index contributed by atoms with van der Waals surface area (Å²) in [5.74, 6) is 1.53. The van der Waals surface area contributed by atoms with Crippen molar-refractivity contribution in [1.82, 2.24) is 0 Å². The smallest absolute Gasteiger partial charge is 0.123 e. The number of hydrogen-bond acceptors (Lipinski definition) is 1. The summed E-state index contributed by atoms with van der Waals surface area (Å²) in [5.41, 5.74) is 1.58. The Hall–Kier alpha value is -0.0200. The van der Waals surface area contributed by atoms with Gasteiger partial charge in [0.1, 0.15) is 11.9 Å². The molecule has 0 heterocycles. The number of ether oxygens (including phenoxy) is 1. The Balaban J connectivity index is 2.23. The molecule has 1 saturated carbocycles. The highest BCUT2D eigenvalue weighted by Gasteiger charge is 2.53. The summed E-state index contributed by atoms with van der Waals surface area (Å²) in [7, 11) is 0. The Kier molecular flexibility index (Phi) is 5.23. The molecule has 0 aromatic heterocycles. The minimum Gasteiger partial charge on any atom is -0.489 e. The summed E-state index contributed by atoms with van der Waals surface area (Å²) in [5, 5.41) is 0. The SMILES string of the molecule is CCC1(CC)C(Br)CC1Oc1ccc(Br)cc1C(C)C. The van der Waals surface area contributed by atoms with Crippen LogP contribution in [0.25, 0.3) is 0 Å². The number of halogens is 2. The van der Waals surface area contributed by atoms with Crippen LogP contribution in [0.1, 0.15) is 58.4 Å². The van der Waals surface area contributed by atoms with E-state index in [-0.39, 0.29) is 0 Å². The van der Waals surface area contributed by atoms with E-state index in [2.05, 4.69) is 77.8 Å². The molecule has 2 rings (SSSR count). The minimum absolute atomic E-state index is 0.293. The fraction of sp³-hybridized carbons (Fsp3) is 0.647. The lowest BCUT2D eigenvalue weighted by atomic mass is 9.62. The number of hydrogen-bond donors (Lipinski definition) is 0. The van der Waals surface area contributed by atoms with E-state index < -0.39 is 0 Å². The lowest BCUT2D eigenvalue weighted by Gasteiger charge is -2.53. The minimum atomic E-state index is 0.293. The highest BCUT2D eigenvalue weighted by molar-refractivity contribution is 9.10. The van der Waals surface area contributed by atoms with Crippen molar-refractivity contribution < 1.29 is 4.74 Å². The molecule has 1 nitrogen and oxygen atoms in total. The zero-order valence-electron chi connectivity index (χ0n) is 12.7. The second-order valence-corrected chi connectivity index (χ2v) is 8.11. The molecule has 20 heavy (non-hydrogen) atoms. The van der Waals surface area contributed by atoms with Crippen LogP contribution < -0.4 is 4.74 Å². The van der Waals surface area contributed by atoms with Crippen molar-refractivity contribution in [2.45, 2.75) is 63.8 Å². The first-order chi connectivity index (χ1) is 9.44. The van der Waals surface area contributed by atoms with Crippen molar-refractivity contribution in [1.29, 1.82) is 0 Å². The van der Waals surface area contributed by atoms with E-state index >= 15 is 0 Å². The second kappa shape index (κ2) is 6.39. The second-order valence-electron chi connectivity index (χ2n) is 6.09. The van der Waals surface area contributed by atoms with Crippen LogP contribution in [0.5, 0.6) is 5.75 Å². The van der Waals surface area contributed by atoms with Crippen molar-refractivity contribution in [2.24, 2.45) is 5.41 Å². The van der Waals surface area contributed by atoms with Gasteiger partial charge in [0, 0.05) is 14.7 Å². The molecule has 1 fully saturated rings. The van der Waals surface area contributed by atoms with E-state index in [4.69, 9.17) is 4.74 Å². The molecule has 112 valence electrons. The van der Waals surface area contributed by atoms with Crippen molar-refractivity contribution in [2.75, 3.05) is 0 Å². The molecule has 3 heteroatoms. The predicted molar refractivity (Wildman–Crippen MR) is 93.0 cm³/mol. The van der Waals surface area contributed by atoms with Gasteiger partial charge in [0.25, 0.3) is 0 Å². The van der Waals surface area contributed by atoms with E-state index in [1.54, 1.807) is 0 Å². The van der Waals surface area contributed by atoms with Gasteiger partial charge in [0.15, 0.2) is 0 Å². The Labute approximate surface area is 139 Å². The van der Waals surface area contributed by atoms with Crippen LogP contribution >= 0.6 is 31.9 Å². The maximum absolute atomic E-state index is 6.42. The predicted octanol–water partition coefficient (Wildman–Crippen LogP) is 6.29. The van der Waals surface area contributed by atoms with Crippen LogP contribution in [0.2, 0.25) is 0 Å². The van der Waals surface area contributed by atoms with Crippen molar-refractivity contribution in [3.05, 3.63) is 28.2 Å². The molecular formula is C17H24Br2O. The van der Waals surface area contributed by atoms with Gasteiger partial charge in [-0.1, -0.05) is 59.6 Å². The van der Waals surface area contributed by atoms with Crippen LogP contribution in [0.4, 0.5) is 0 Å². The zero-order chi connectivity index (χ0) is 14.9. The topological polar surface area (TPSA) is 9.23 Å². The van der Waals surface area contributed by atoms with Crippen LogP contribution in [0.3, 0.4) is 0 Å². The highest BCUT2D eigenvalue weighted by atomic mass is 79.9. The van der Waals surface area contributed by atoms with Gasteiger partial charge in [-0.3, -0.25) is 0 Å². The Morgan fingerprint density at radius 3 is 2.45 bits per heavy atom. The Morgan fingerprint density at radius 2 is 1.95 bits per heavy atom. The lowest BCUT2D eigenvalue weighted by Crippen LogP contribution is -2.56. The number of alkyl halides is 1. The molecule has 0 bridgehead atoms. The third-order valence-corrected chi connectivity index (χ3v) is 6.64. The quantitative estimate of drug-likeness (QED) is 0.524. The number of benzene rings is 1. The average Bonchev–Trinajstić information content (AvgIpc) is 2.41. The first kappa shape index (κ1) is 16.4. The summed E-state index contributed by atoms with van der Waals surface area (Å²) in [4.78, 5) is 0.591. The molecule has 2 atom stereocenters. The average molecular weight is 404 g/mol. The zero-order valence-corrected chi connectivity index (χ0v) is 15.9. The van der Waals surface area contributed by atoms with Crippen LogP contribution in [0, 0.1) is 5.41 Å². The van der Waals surface area contributed by atoms with Gasteiger partial charge in [-0.05, 0) is 48.9 Å². The van der Waals surface area contributed by atoms with E-state index in [0.717, 1.165) is 29.5 Å². The Bertz CT molecular complexity index is 466. The molecular weight excluding hydrogens is 380 g/mol. The van der Waals surface area contributed by atoms with Crippen LogP contribution in [0.15, 0.2) is 22.7 Å². The molecule has 0 saturated heterocycles. The van der Waals surface area contributed by atoms with Crippen molar-refractivity contribution in [3.63, 3.8) is 0 Å². The molecule has 0 aliphatic heterocycles. The largest absolute Gasteiger partial charge is 0.489 e. The summed E-state index contributed by atoms with van der Waals surface area (Å²) in [6, 6.07) is 6.37. The molecule has 0 N–H and O–H groups in total. The van der Waals surface area contributed by atoms with E-state index in [9.17, 15) is 0 Å². The normalized spacial score (nSPS) is 24.6. The van der Waals surface area contributed by atoms with Gasteiger partial charge in [0.2, 0.25) is 0 Å². The summed E-state index contributed by atoms with van der Waals surface area (Å²) < 4.78 is 7.54. The van der Waals surface area contributed by atoms with Gasteiger partial charge < -0.3 is 4.74 Å². The first-order valence-electron chi connectivity index (χ1n) is 7.54. The molecule has 0 spiro atoms. The summed E-state index contributed by atoms with van der Waals surface area (Å²) in [6.07, 6.45) is 3.77. The monoisotopic (exact) mass is 402 g/mol. The standard InChI is InChI=1S/C17H24Br2O/c1-5-17(6-2)15(19)10-16(17)20-14-8-7-12(18)9-13(14)11(3)4/h7-9,11,15-16H,5-6,10H2,1-4H3. The summed E-state index contributed by atoms with van der Waals surface area (Å²) in [6.45, 7) is 8.99. The van der Waals surface area contributed by atoms with E-state index in [0.29, 0.717) is 22.3 Å². The van der Waals surface area contributed by atoms with Crippen LogP contribution in [-0.2, 0) is 0 Å². The van der Waals surface area contributed by atoms with E-state index in [1.807, 2.05) is 0 Å². The first-order valence-corrected chi connectivity index (χ1v) is 9.25. The molecule has 0 amide bonds. The lowest BCUT2D eigenvalue weighted by molar-refractivity contribution is -0.0416. The highest BCUT2D eigenvalue weighted by Crippen LogP contribution is 2.53. The van der Waals surface area contributed by atoms with Crippen molar-refractivity contribution in [3.8, 4) is 5.75 Å². The summed E-state index contributed by atoms with van der Waals surface area (Å²) >= 11 is 7.39. The van der Waals surface area contributed by atoms with Gasteiger partial charge in [-0.15, -0.1) is 0 Å². The molecule has 1 aliphatic carbocycles. The fourth-order valence-electron chi connectivity index (χ4n) is 3.24. The van der Waals surface area contributed by atoms with Gasteiger partial charge in [-0.2, -0.15) is 0 Å². The maximum atomic E-state index is 6.42. The maximum Gasteiger partial charge on any atom is 0.123 e. The van der Waals surface area contributed by atoms with Gasteiger partial charge in [0.05, 0.1) is 0 Å². The molecule has 1 aromatic rings. The van der Waals surface area contributed by atoms with E-state index in [1.165, 1.54) is 5.56 Å². The van der Waals surface area contributed by atoms with Crippen molar-refractivity contribution >= 4 is 31.9 Å². The van der Waals surface area contributed by atoms with Crippen LogP contribution in [-0.4, -0.2) is 10.9 Å². The van der Waals surface area contributed by atoms with Gasteiger partial charge in [-0.25, -0.2) is 0 Å². The third-order valence-electron chi connectivity index (χ3n) is 4.87. The molecule has 1 aliphatic rings.